The van der Waals surface area contributed by atoms with Crippen LogP contribution in [0.15, 0.2) is 59.5 Å². The number of hydrogen-bond donors (Lipinski definition) is 1. The lowest BCUT2D eigenvalue weighted by Crippen LogP contribution is -2.45. The number of aldehydes is 1. The molecule has 0 radical (unpaired) electrons. The maximum atomic E-state index is 12.8. The maximum Gasteiger partial charge on any atom is 0.327 e. The van der Waals surface area contributed by atoms with E-state index in [1.54, 1.807) is 30.3 Å². The van der Waals surface area contributed by atoms with Crippen LogP contribution in [0.1, 0.15) is 21.5 Å². The molecule has 27 heavy (non-hydrogen) atoms. The van der Waals surface area contributed by atoms with E-state index in [0.29, 0.717) is 10.5 Å². The van der Waals surface area contributed by atoms with Gasteiger partial charge in [0, 0.05) is 12.0 Å². The molecule has 1 aliphatic rings. The average molecular weight is 397 g/mol. The molecule has 1 N–H and O–H groups in total. The van der Waals surface area contributed by atoms with Crippen LogP contribution in [0.4, 0.5) is 0 Å². The highest BCUT2D eigenvalue weighted by molar-refractivity contribution is 8.26. The lowest BCUT2D eigenvalue weighted by molar-refractivity contribution is -0.145. The van der Waals surface area contributed by atoms with Crippen LogP contribution >= 0.6 is 24.0 Å². The zero-order valence-corrected chi connectivity index (χ0v) is 15.7. The molecule has 2 aromatic carbocycles. The summed E-state index contributed by atoms with van der Waals surface area (Å²) in [6.07, 6.45) is 2.56. The normalized spacial score (nSPS) is 16.6. The summed E-state index contributed by atoms with van der Waals surface area (Å²) >= 11 is 6.36. The molecule has 1 heterocycles. The Kier molecular flexibility index (Phi) is 5.83. The SMILES string of the molecule is O=Cc1ccc(/C=C2/SC(=S)N(C(Cc3ccccc3)C(=O)O)C2=O)cc1. The van der Waals surface area contributed by atoms with Gasteiger partial charge in [0.25, 0.3) is 5.91 Å². The van der Waals surface area contributed by atoms with Crippen molar-refractivity contribution >= 4 is 52.5 Å². The third-order valence-corrected chi connectivity index (χ3v) is 5.39. The number of benzene rings is 2. The van der Waals surface area contributed by atoms with Crippen molar-refractivity contribution in [3.8, 4) is 0 Å². The van der Waals surface area contributed by atoms with Gasteiger partial charge in [0.05, 0.1) is 4.91 Å². The maximum absolute atomic E-state index is 12.8. The number of carboxylic acid groups (broad SMARTS) is 1. The predicted molar refractivity (Wildman–Crippen MR) is 108 cm³/mol. The summed E-state index contributed by atoms with van der Waals surface area (Å²) in [5, 5.41) is 9.65. The molecule has 0 bridgehead atoms. The molecule has 3 rings (SSSR count). The summed E-state index contributed by atoms with van der Waals surface area (Å²) in [4.78, 5) is 36.9. The average Bonchev–Trinajstić information content (AvgIpc) is 2.94. The van der Waals surface area contributed by atoms with E-state index >= 15 is 0 Å². The molecule has 0 aliphatic carbocycles. The first kappa shape index (κ1) is 19.0. The summed E-state index contributed by atoms with van der Waals surface area (Å²) in [6, 6.07) is 14.8. The monoisotopic (exact) mass is 397 g/mol. The van der Waals surface area contributed by atoms with Crippen LogP contribution in [-0.2, 0) is 16.0 Å². The number of amides is 1. The second-order valence-corrected chi connectivity index (χ2v) is 7.56. The first-order valence-corrected chi connectivity index (χ1v) is 9.31. The van der Waals surface area contributed by atoms with E-state index < -0.39 is 17.9 Å². The molecule has 0 spiro atoms. The molecule has 1 amide bonds. The molecule has 1 fully saturated rings. The van der Waals surface area contributed by atoms with Crippen molar-refractivity contribution in [2.75, 3.05) is 0 Å². The molecule has 0 saturated carbocycles. The van der Waals surface area contributed by atoms with Gasteiger partial charge in [0.1, 0.15) is 16.6 Å². The number of carboxylic acids is 1. The van der Waals surface area contributed by atoms with Gasteiger partial charge in [0.2, 0.25) is 0 Å². The quantitative estimate of drug-likeness (QED) is 0.458. The summed E-state index contributed by atoms with van der Waals surface area (Å²) in [5.41, 5.74) is 2.08. The Morgan fingerprint density at radius 3 is 2.33 bits per heavy atom. The van der Waals surface area contributed by atoms with Crippen molar-refractivity contribution < 1.29 is 19.5 Å². The van der Waals surface area contributed by atoms with Gasteiger partial charge in [-0.2, -0.15) is 0 Å². The van der Waals surface area contributed by atoms with E-state index in [1.165, 1.54) is 4.90 Å². The zero-order chi connectivity index (χ0) is 19.4. The highest BCUT2D eigenvalue weighted by Gasteiger charge is 2.40. The van der Waals surface area contributed by atoms with E-state index in [4.69, 9.17) is 12.2 Å². The van der Waals surface area contributed by atoms with Crippen molar-refractivity contribution in [2.24, 2.45) is 0 Å². The fraction of sp³-hybridized carbons (Fsp3) is 0.100. The fourth-order valence-corrected chi connectivity index (χ4v) is 4.05. The Morgan fingerprint density at radius 1 is 1.11 bits per heavy atom. The van der Waals surface area contributed by atoms with Crippen molar-refractivity contribution in [1.82, 2.24) is 4.90 Å². The Balaban J connectivity index is 1.85. The number of carbonyl (C=O) groups excluding carboxylic acids is 2. The van der Waals surface area contributed by atoms with Crippen LogP contribution < -0.4 is 0 Å². The molecular formula is C20H15NO4S2. The van der Waals surface area contributed by atoms with Gasteiger partial charge in [-0.15, -0.1) is 0 Å². The van der Waals surface area contributed by atoms with E-state index in [0.717, 1.165) is 29.2 Å². The van der Waals surface area contributed by atoms with Gasteiger partial charge in [-0.25, -0.2) is 4.79 Å². The van der Waals surface area contributed by atoms with Gasteiger partial charge in [-0.3, -0.25) is 14.5 Å². The molecule has 5 nitrogen and oxygen atoms in total. The van der Waals surface area contributed by atoms with Gasteiger partial charge in [-0.05, 0) is 17.2 Å². The topological polar surface area (TPSA) is 74.7 Å². The molecule has 7 heteroatoms. The summed E-state index contributed by atoms with van der Waals surface area (Å²) in [5.74, 6) is -1.53. The lowest BCUT2D eigenvalue weighted by atomic mass is 10.0. The van der Waals surface area contributed by atoms with Crippen molar-refractivity contribution in [2.45, 2.75) is 12.5 Å². The Morgan fingerprint density at radius 2 is 1.74 bits per heavy atom. The number of carbonyl (C=O) groups is 3. The van der Waals surface area contributed by atoms with Crippen molar-refractivity contribution in [3.05, 3.63) is 76.2 Å². The number of hydrogen-bond acceptors (Lipinski definition) is 5. The number of thiocarbonyl (C=S) groups is 1. The van der Waals surface area contributed by atoms with Crippen LogP contribution in [0.25, 0.3) is 6.08 Å². The smallest absolute Gasteiger partial charge is 0.327 e. The van der Waals surface area contributed by atoms with E-state index in [1.807, 2.05) is 30.3 Å². The van der Waals surface area contributed by atoms with Gasteiger partial charge >= 0.3 is 5.97 Å². The second-order valence-electron chi connectivity index (χ2n) is 5.88. The minimum absolute atomic E-state index is 0.171. The van der Waals surface area contributed by atoms with Crippen LogP contribution in [0.2, 0.25) is 0 Å². The van der Waals surface area contributed by atoms with Gasteiger partial charge < -0.3 is 5.11 Å². The van der Waals surface area contributed by atoms with Crippen LogP contribution in [0.5, 0.6) is 0 Å². The standard InChI is InChI=1S/C20H15NO4S2/c22-12-15-8-6-14(7-9-15)11-17-18(23)21(20(26)27-17)16(19(24)25)10-13-4-2-1-3-5-13/h1-9,11-12,16H,10H2,(H,24,25)/b17-11+. The van der Waals surface area contributed by atoms with Crippen LogP contribution in [0.3, 0.4) is 0 Å². The Hall–Kier alpha value is -2.77. The van der Waals surface area contributed by atoms with Crippen molar-refractivity contribution in [1.29, 1.82) is 0 Å². The number of aliphatic carboxylic acids is 1. The molecule has 1 unspecified atom stereocenters. The highest BCUT2D eigenvalue weighted by Crippen LogP contribution is 2.34. The first-order chi connectivity index (χ1) is 13.0. The van der Waals surface area contributed by atoms with Gasteiger partial charge in [0.15, 0.2) is 0 Å². The van der Waals surface area contributed by atoms with E-state index in [9.17, 15) is 19.5 Å². The third-order valence-electron chi connectivity index (χ3n) is 4.06. The number of rotatable bonds is 6. The number of nitrogens with zero attached hydrogens (tertiary/aromatic N) is 1. The summed E-state index contributed by atoms with van der Waals surface area (Å²) in [6.45, 7) is 0. The molecule has 1 atom stereocenters. The van der Waals surface area contributed by atoms with Crippen LogP contribution in [-0.4, -0.2) is 38.5 Å². The highest BCUT2D eigenvalue weighted by atomic mass is 32.2. The first-order valence-electron chi connectivity index (χ1n) is 8.08. The van der Waals surface area contributed by atoms with E-state index in [2.05, 4.69) is 0 Å². The Labute approximate surface area is 165 Å². The zero-order valence-electron chi connectivity index (χ0n) is 14.1. The largest absolute Gasteiger partial charge is 0.480 e. The minimum Gasteiger partial charge on any atom is -0.480 e. The molecular weight excluding hydrogens is 382 g/mol. The molecule has 1 aliphatic heterocycles. The fourth-order valence-electron chi connectivity index (χ4n) is 2.70. The minimum atomic E-state index is -1.10. The molecule has 136 valence electrons. The molecule has 1 saturated heterocycles. The number of thioether (sulfide) groups is 1. The Bertz CT molecular complexity index is 923. The summed E-state index contributed by atoms with van der Waals surface area (Å²) < 4.78 is 0.221. The van der Waals surface area contributed by atoms with Gasteiger partial charge in [-0.1, -0.05) is 78.6 Å². The molecule has 2 aromatic rings. The summed E-state index contributed by atoms with van der Waals surface area (Å²) in [7, 11) is 0. The lowest BCUT2D eigenvalue weighted by Gasteiger charge is -2.23. The van der Waals surface area contributed by atoms with Crippen molar-refractivity contribution in [3.63, 3.8) is 0 Å². The van der Waals surface area contributed by atoms with E-state index in [-0.39, 0.29) is 10.7 Å². The molecule has 0 aromatic heterocycles. The predicted octanol–water partition coefficient (Wildman–Crippen LogP) is 3.40. The second kappa shape index (κ2) is 8.28. The third kappa shape index (κ3) is 4.32. The van der Waals surface area contributed by atoms with Crippen LogP contribution in [0, 0.1) is 0 Å².